The maximum absolute atomic E-state index is 12.5. The number of nitrogens with one attached hydrogen (secondary N) is 1. The first kappa shape index (κ1) is 17.4. The SMILES string of the molecule is CCCN1C(=O)c2ccc(C(=O)Nc3ccc(Br)cc3C)cc2C1=O. The number of hydrogen-bond acceptors (Lipinski definition) is 3. The molecule has 1 aliphatic heterocycles. The van der Waals surface area contributed by atoms with Gasteiger partial charge in [0.2, 0.25) is 0 Å². The fourth-order valence-electron chi connectivity index (χ4n) is 2.82. The number of aryl methyl sites for hydroxylation is 1. The van der Waals surface area contributed by atoms with Gasteiger partial charge in [-0.3, -0.25) is 19.3 Å². The molecular weight excluding hydrogens is 384 g/mol. The Labute approximate surface area is 154 Å². The first-order valence-electron chi connectivity index (χ1n) is 8.00. The van der Waals surface area contributed by atoms with E-state index in [1.54, 1.807) is 12.1 Å². The van der Waals surface area contributed by atoms with Gasteiger partial charge in [-0.2, -0.15) is 0 Å². The molecule has 128 valence electrons. The quantitative estimate of drug-likeness (QED) is 0.788. The van der Waals surface area contributed by atoms with Gasteiger partial charge >= 0.3 is 0 Å². The molecule has 0 fully saturated rings. The molecule has 1 aliphatic rings. The van der Waals surface area contributed by atoms with E-state index in [1.165, 1.54) is 11.0 Å². The zero-order chi connectivity index (χ0) is 18.1. The number of imide groups is 1. The Hall–Kier alpha value is -2.47. The van der Waals surface area contributed by atoms with Crippen molar-refractivity contribution in [3.8, 4) is 0 Å². The summed E-state index contributed by atoms with van der Waals surface area (Å²) in [5.41, 5.74) is 2.61. The van der Waals surface area contributed by atoms with Crippen molar-refractivity contribution >= 4 is 39.3 Å². The largest absolute Gasteiger partial charge is 0.322 e. The van der Waals surface area contributed by atoms with Crippen LogP contribution in [0.15, 0.2) is 40.9 Å². The van der Waals surface area contributed by atoms with Gasteiger partial charge in [0, 0.05) is 22.3 Å². The Morgan fingerprint density at radius 3 is 2.48 bits per heavy atom. The van der Waals surface area contributed by atoms with E-state index in [0.717, 1.165) is 10.0 Å². The molecule has 0 aromatic heterocycles. The number of anilines is 1. The fourth-order valence-corrected chi connectivity index (χ4v) is 3.30. The lowest BCUT2D eigenvalue weighted by Gasteiger charge is -2.11. The van der Waals surface area contributed by atoms with E-state index in [1.807, 2.05) is 32.0 Å². The average molecular weight is 401 g/mol. The van der Waals surface area contributed by atoms with Gasteiger partial charge in [0.25, 0.3) is 17.7 Å². The molecule has 2 aromatic rings. The molecule has 3 amide bonds. The predicted molar refractivity (Wildman–Crippen MR) is 98.9 cm³/mol. The highest BCUT2D eigenvalue weighted by molar-refractivity contribution is 9.10. The molecule has 25 heavy (non-hydrogen) atoms. The molecule has 0 bridgehead atoms. The van der Waals surface area contributed by atoms with Crippen molar-refractivity contribution in [1.82, 2.24) is 4.90 Å². The molecule has 0 aliphatic carbocycles. The van der Waals surface area contributed by atoms with E-state index < -0.39 is 0 Å². The molecule has 0 saturated heterocycles. The van der Waals surface area contributed by atoms with Crippen LogP contribution in [0.2, 0.25) is 0 Å². The Morgan fingerprint density at radius 1 is 1.08 bits per heavy atom. The molecule has 6 heteroatoms. The lowest BCUT2D eigenvalue weighted by Crippen LogP contribution is -2.30. The van der Waals surface area contributed by atoms with Crippen LogP contribution < -0.4 is 5.32 Å². The van der Waals surface area contributed by atoms with E-state index >= 15 is 0 Å². The Kier molecular flexibility index (Phi) is 4.72. The number of fused-ring (bicyclic) bond motifs is 1. The van der Waals surface area contributed by atoms with E-state index in [9.17, 15) is 14.4 Å². The van der Waals surface area contributed by atoms with Gasteiger partial charge in [-0.15, -0.1) is 0 Å². The van der Waals surface area contributed by atoms with Gasteiger partial charge < -0.3 is 5.32 Å². The van der Waals surface area contributed by atoms with Crippen molar-refractivity contribution in [2.75, 3.05) is 11.9 Å². The van der Waals surface area contributed by atoms with Crippen LogP contribution in [0.3, 0.4) is 0 Å². The van der Waals surface area contributed by atoms with E-state index in [4.69, 9.17) is 0 Å². The Bertz CT molecular complexity index is 892. The van der Waals surface area contributed by atoms with Crippen molar-refractivity contribution < 1.29 is 14.4 Å². The lowest BCUT2D eigenvalue weighted by atomic mass is 10.0. The van der Waals surface area contributed by atoms with Gasteiger partial charge in [0.15, 0.2) is 0 Å². The molecular formula is C19H17BrN2O3. The highest BCUT2D eigenvalue weighted by atomic mass is 79.9. The molecule has 0 spiro atoms. The second-order valence-corrected chi connectivity index (χ2v) is 6.85. The zero-order valence-electron chi connectivity index (χ0n) is 13.9. The summed E-state index contributed by atoms with van der Waals surface area (Å²) in [6.45, 7) is 4.18. The predicted octanol–water partition coefficient (Wildman–Crippen LogP) is 4.02. The normalized spacial score (nSPS) is 13.2. The van der Waals surface area contributed by atoms with Gasteiger partial charge in [0.05, 0.1) is 11.1 Å². The van der Waals surface area contributed by atoms with Crippen LogP contribution in [-0.4, -0.2) is 29.2 Å². The van der Waals surface area contributed by atoms with E-state index in [0.29, 0.717) is 35.3 Å². The molecule has 0 radical (unpaired) electrons. The standard InChI is InChI=1S/C19H17BrN2O3/c1-3-8-22-18(24)14-6-4-12(10-15(14)19(22)25)17(23)21-16-7-5-13(20)9-11(16)2/h4-7,9-10H,3,8H2,1-2H3,(H,21,23). The molecule has 0 saturated carbocycles. The first-order chi connectivity index (χ1) is 11.9. The molecule has 0 unspecified atom stereocenters. The number of nitrogens with zero attached hydrogens (tertiary/aromatic N) is 1. The Balaban J connectivity index is 1.87. The Morgan fingerprint density at radius 2 is 1.80 bits per heavy atom. The average Bonchev–Trinajstić information content (AvgIpc) is 2.82. The molecule has 1 heterocycles. The highest BCUT2D eigenvalue weighted by Crippen LogP contribution is 2.25. The van der Waals surface area contributed by atoms with Gasteiger partial charge in [0.1, 0.15) is 0 Å². The molecule has 3 rings (SSSR count). The first-order valence-corrected chi connectivity index (χ1v) is 8.79. The summed E-state index contributed by atoms with van der Waals surface area (Å²) in [5.74, 6) is -0.948. The van der Waals surface area contributed by atoms with Gasteiger partial charge in [-0.1, -0.05) is 22.9 Å². The van der Waals surface area contributed by atoms with Crippen molar-refractivity contribution in [2.45, 2.75) is 20.3 Å². The lowest BCUT2D eigenvalue weighted by molar-refractivity contribution is 0.0654. The number of rotatable bonds is 4. The van der Waals surface area contributed by atoms with Crippen LogP contribution in [0.1, 0.15) is 50.0 Å². The van der Waals surface area contributed by atoms with Crippen LogP contribution in [0.25, 0.3) is 0 Å². The minimum atomic E-state index is -0.337. The summed E-state index contributed by atoms with van der Waals surface area (Å²) in [4.78, 5) is 38.4. The van der Waals surface area contributed by atoms with Crippen molar-refractivity contribution in [1.29, 1.82) is 0 Å². The summed E-state index contributed by atoms with van der Waals surface area (Å²) in [5, 5.41) is 2.84. The van der Waals surface area contributed by atoms with Crippen LogP contribution in [0, 0.1) is 6.92 Å². The number of amides is 3. The summed E-state index contributed by atoms with van der Waals surface area (Å²) in [6, 6.07) is 10.2. The highest BCUT2D eigenvalue weighted by Gasteiger charge is 2.35. The number of halogens is 1. The summed E-state index contributed by atoms with van der Waals surface area (Å²) in [7, 11) is 0. The summed E-state index contributed by atoms with van der Waals surface area (Å²) in [6.07, 6.45) is 0.696. The van der Waals surface area contributed by atoms with Gasteiger partial charge in [-0.25, -0.2) is 0 Å². The zero-order valence-corrected chi connectivity index (χ0v) is 15.5. The van der Waals surface area contributed by atoms with Crippen molar-refractivity contribution in [3.63, 3.8) is 0 Å². The molecule has 5 nitrogen and oxygen atoms in total. The monoisotopic (exact) mass is 400 g/mol. The van der Waals surface area contributed by atoms with Gasteiger partial charge in [-0.05, 0) is 55.3 Å². The number of benzene rings is 2. The maximum Gasteiger partial charge on any atom is 0.261 e. The third kappa shape index (κ3) is 3.22. The number of hydrogen-bond donors (Lipinski definition) is 1. The molecule has 0 atom stereocenters. The van der Waals surface area contributed by atoms with E-state index in [2.05, 4.69) is 21.2 Å². The minimum absolute atomic E-state index is 0.290. The topological polar surface area (TPSA) is 66.5 Å². The maximum atomic E-state index is 12.5. The van der Waals surface area contributed by atoms with E-state index in [-0.39, 0.29) is 17.7 Å². The number of carbonyl (C=O) groups is 3. The van der Waals surface area contributed by atoms with Crippen LogP contribution in [0.4, 0.5) is 5.69 Å². The summed E-state index contributed by atoms with van der Waals surface area (Å²) < 4.78 is 0.931. The summed E-state index contributed by atoms with van der Waals surface area (Å²) >= 11 is 3.38. The molecule has 1 N–H and O–H groups in total. The molecule has 2 aromatic carbocycles. The second kappa shape index (κ2) is 6.80. The van der Waals surface area contributed by atoms with Crippen LogP contribution in [-0.2, 0) is 0 Å². The third-order valence-electron chi connectivity index (χ3n) is 4.12. The minimum Gasteiger partial charge on any atom is -0.322 e. The number of carbonyl (C=O) groups excluding carboxylic acids is 3. The van der Waals surface area contributed by atoms with Crippen molar-refractivity contribution in [2.24, 2.45) is 0 Å². The second-order valence-electron chi connectivity index (χ2n) is 5.94. The smallest absolute Gasteiger partial charge is 0.261 e. The van der Waals surface area contributed by atoms with Crippen LogP contribution >= 0.6 is 15.9 Å². The third-order valence-corrected chi connectivity index (χ3v) is 4.61. The fraction of sp³-hybridized carbons (Fsp3) is 0.211. The van der Waals surface area contributed by atoms with Crippen molar-refractivity contribution in [3.05, 3.63) is 63.1 Å². The van der Waals surface area contributed by atoms with Crippen LogP contribution in [0.5, 0.6) is 0 Å².